The van der Waals surface area contributed by atoms with Crippen molar-refractivity contribution in [2.24, 2.45) is 0 Å². The Kier molecular flexibility index (Phi) is 2.67. The van der Waals surface area contributed by atoms with E-state index < -0.39 is 0 Å². The number of aromatic nitrogens is 4. The molecule has 0 radical (unpaired) electrons. The SMILES string of the molecule is CNc1nc(-c2cc(C)ccc2C)c2cn[nH]c2n1. The molecular weight excluding hydrogens is 238 g/mol. The Morgan fingerprint density at radius 2 is 2.00 bits per heavy atom. The molecule has 96 valence electrons. The number of aryl methyl sites for hydroxylation is 2. The zero-order chi connectivity index (χ0) is 13.4. The monoisotopic (exact) mass is 253 g/mol. The number of H-pyrrole nitrogens is 1. The van der Waals surface area contributed by atoms with Crippen LogP contribution >= 0.6 is 0 Å². The van der Waals surface area contributed by atoms with Gasteiger partial charge in [-0.05, 0) is 25.5 Å². The lowest BCUT2D eigenvalue weighted by Gasteiger charge is -2.09. The van der Waals surface area contributed by atoms with Crippen LogP contribution in [0.25, 0.3) is 22.3 Å². The van der Waals surface area contributed by atoms with Crippen molar-refractivity contribution in [3.63, 3.8) is 0 Å². The Hall–Kier alpha value is -2.43. The fraction of sp³-hybridized carbons (Fsp3) is 0.214. The van der Waals surface area contributed by atoms with Gasteiger partial charge in [0.2, 0.25) is 5.95 Å². The van der Waals surface area contributed by atoms with Crippen LogP contribution in [0.15, 0.2) is 24.4 Å². The Morgan fingerprint density at radius 3 is 2.79 bits per heavy atom. The molecular formula is C14H15N5. The van der Waals surface area contributed by atoms with Crippen LogP contribution in [0.2, 0.25) is 0 Å². The lowest BCUT2D eigenvalue weighted by Crippen LogP contribution is -1.99. The first-order valence-corrected chi connectivity index (χ1v) is 6.15. The van der Waals surface area contributed by atoms with Crippen molar-refractivity contribution in [1.82, 2.24) is 20.2 Å². The summed E-state index contributed by atoms with van der Waals surface area (Å²) in [7, 11) is 1.81. The minimum atomic E-state index is 0.590. The second kappa shape index (κ2) is 4.35. The largest absolute Gasteiger partial charge is 0.357 e. The highest BCUT2D eigenvalue weighted by Crippen LogP contribution is 2.29. The summed E-state index contributed by atoms with van der Waals surface area (Å²) in [5, 5.41) is 10.9. The van der Waals surface area contributed by atoms with Crippen molar-refractivity contribution in [2.45, 2.75) is 13.8 Å². The predicted molar refractivity (Wildman–Crippen MR) is 76.1 cm³/mol. The van der Waals surface area contributed by atoms with Gasteiger partial charge in [-0.1, -0.05) is 17.7 Å². The molecule has 2 N–H and O–H groups in total. The van der Waals surface area contributed by atoms with Crippen LogP contribution in [0.4, 0.5) is 5.95 Å². The molecule has 0 aliphatic rings. The van der Waals surface area contributed by atoms with E-state index in [2.05, 4.69) is 57.5 Å². The normalized spacial score (nSPS) is 10.9. The van der Waals surface area contributed by atoms with Gasteiger partial charge in [0, 0.05) is 12.6 Å². The first kappa shape index (κ1) is 11.6. The number of benzene rings is 1. The van der Waals surface area contributed by atoms with Gasteiger partial charge < -0.3 is 5.32 Å². The molecule has 0 saturated carbocycles. The minimum Gasteiger partial charge on any atom is -0.357 e. The molecule has 3 aromatic rings. The van der Waals surface area contributed by atoms with Gasteiger partial charge >= 0.3 is 0 Å². The van der Waals surface area contributed by atoms with Gasteiger partial charge in [-0.25, -0.2) is 4.98 Å². The second-order valence-corrected chi connectivity index (χ2v) is 4.60. The molecule has 1 aromatic carbocycles. The Labute approximate surface area is 111 Å². The number of fused-ring (bicyclic) bond motifs is 1. The highest BCUT2D eigenvalue weighted by Gasteiger charge is 2.12. The van der Waals surface area contributed by atoms with Crippen LogP contribution in [-0.2, 0) is 0 Å². The molecule has 5 heteroatoms. The standard InChI is InChI=1S/C14H15N5/c1-8-4-5-9(2)10(6-8)12-11-7-16-19-13(11)18-14(15-3)17-12/h4-7H,1-3H3,(H2,15,16,17,18,19). The maximum Gasteiger partial charge on any atom is 0.225 e. The number of nitrogens with zero attached hydrogens (tertiary/aromatic N) is 3. The second-order valence-electron chi connectivity index (χ2n) is 4.60. The quantitative estimate of drug-likeness (QED) is 0.737. The lowest BCUT2D eigenvalue weighted by molar-refractivity contribution is 1.09. The van der Waals surface area contributed by atoms with Crippen molar-refractivity contribution in [3.05, 3.63) is 35.5 Å². The van der Waals surface area contributed by atoms with Crippen LogP contribution in [0, 0.1) is 13.8 Å². The number of rotatable bonds is 2. The maximum atomic E-state index is 4.58. The summed E-state index contributed by atoms with van der Waals surface area (Å²) in [5.41, 5.74) is 5.17. The van der Waals surface area contributed by atoms with Crippen LogP contribution in [0.5, 0.6) is 0 Å². The van der Waals surface area contributed by atoms with Crippen molar-refractivity contribution in [1.29, 1.82) is 0 Å². The molecule has 0 saturated heterocycles. The van der Waals surface area contributed by atoms with Crippen molar-refractivity contribution in [2.75, 3.05) is 12.4 Å². The summed E-state index contributed by atoms with van der Waals surface area (Å²) in [6, 6.07) is 6.35. The smallest absolute Gasteiger partial charge is 0.225 e. The fourth-order valence-electron chi connectivity index (χ4n) is 2.14. The molecule has 0 atom stereocenters. The van der Waals surface area contributed by atoms with E-state index in [0.29, 0.717) is 5.95 Å². The molecule has 0 aliphatic carbocycles. The first-order chi connectivity index (χ1) is 9.19. The molecule has 19 heavy (non-hydrogen) atoms. The summed E-state index contributed by atoms with van der Waals surface area (Å²) in [4.78, 5) is 8.93. The van der Waals surface area contributed by atoms with Crippen LogP contribution in [-0.4, -0.2) is 27.2 Å². The van der Waals surface area contributed by atoms with Gasteiger partial charge in [0.05, 0.1) is 17.3 Å². The minimum absolute atomic E-state index is 0.590. The molecule has 2 heterocycles. The molecule has 0 amide bonds. The van der Waals surface area contributed by atoms with E-state index in [-0.39, 0.29) is 0 Å². The van der Waals surface area contributed by atoms with E-state index in [1.807, 2.05) is 7.05 Å². The zero-order valence-corrected chi connectivity index (χ0v) is 11.2. The highest BCUT2D eigenvalue weighted by atomic mass is 15.2. The van der Waals surface area contributed by atoms with E-state index in [1.54, 1.807) is 6.20 Å². The molecule has 0 spiro atoms. The average molecular weight is 253 g/mol. The van der Waals surface area contributed by atoms with E-state index in [1.165, 1.54) is 11.1 Å². The summed E-state index contributed by atoms with van der Waals surface area (Å²) < 4.78 is 0. The van der Waals surface area contributed by atoms with Crippen LogP contribution < -0.4 is 5.32 Å². The van der Waals surface area contributed by atoms with E-state index in [4.69, 9.17) is 0 Å². The van der Waals surface area contributed by atoms with E-state index >= 15 is 0 Å². The molecule has 0 aliphatic heterocycles. The Balaban J connectivity index is 2.34. The predicted octanol–water partition coefficient (Wildman–Crippen LogP) is 2.68. The number of hydrogen-bond acceptors (Lipinski definition) is 4. The summed E-state index contributed by atoms with van der Waals surface area (Å²) in [6.45, 7) is 4.16. The highest BCUT2D eigenvalue weighted by molar-refractivity contribution is 5.91. The van der Waals surface area contributed by atoms with Crippen LogP contribution in [0.1, 0.15) is 11.1 Å². The van der Waals surface area contributed by atoms with E-state index in [0.717, 1.165) is 22.3 Å². The van der Waals surface area contributed by atoms with Gasteiger partial charge in [0.1, 0.15) is 0 Å². The van der Waals surface area contributed by atoms with Crippen molar-refractivity contribution in [3.8, 4) is 11.3 Å². The summed E-state index contributed by atoms with van der Waals surface area (Å²) in [6.07, 6.45) is 1.77. The summed E-state index contributed by atoms with van der Waals surface area (Å²) >= 11 is 0. The Bertz CT molecular complexity index is 745. The number of aromatic amines is 1. The maximum absolute atomic E-state index is 4.58. The van der Waals surface area contributed by atoms with Crippen molar-refractivity contribution >= 4 is 17.0 Å². The number of hydrogen-bond donors (Lipinski definition) is 2. The van der Waals surface area contributed by atoms with E-state index in [9.17, 15) is 0 Å². The number of nitrogens with one attached hydrogen (secondary N) is 2. The summed E-state index contributed by atoms with van der Waals surface area (Å²) in [5.74, 6) is 0.590. The number of anilines is 1. The molecule has 0 fully saturated rings. The molecule has 5 nitrogen and oxygen atoms in total. The third kappa shape index (κ3) is 1.93. The lowest BCUT2D eigenvalue weighted by atomic mass is 10.0. The molecule has 0 bridgehead atoms. The zero-order valence-electron chi connectivity index (χ0n) is 11.2. The molecule has 0 unspecified atom stereocenters. The third-order valence-electron chi connectivity index (χ3n) is 3.18. The fourth-order valence-corrected chi connectivity index (χ4v) is 2.14. The molecule has 2 aromatic heterocycles. The van der Waals surface area contributed by atoms with Gasteiger partial charge in [-0.3, -0.25) is 5.10 Å². The molecule has 3 rings (SSSR count). The Morgan fingerprint density at radius 1 is 1.16 bits per heavy atom. The average Bonchev–Trinajstić information content (AvgIpc) is 2.88. The topological polar surface area (TPSA) is 66.5 Å². The van der Waals surface area contributed by atoms with Gasteiger partial charge in [-0.2, -0.15) is 10.1 Å². The van der Waals surface area contributed by atoms with Gasteiger partial charge in [-0.15, -0.1) is 0 Å². The third-order valence-corrected chi connectivity index (χ3v) is 3.18. The first-order valence-electron chi connectivity index (χ1n) is 6.15. The van der Waals surface area contributed by atoms with Gasteiger partial charge in [0.25, 0.3) is 0 Å². The van der Waals surface area contributed by atoms with Crippen molar-refractivity contribution < 1.29 is 0 Å². The van der Waals surface area contributed by atoms with Crippen LogP contribution in [0.3, 0.4) is 0 Å². The van der Waals surface area contributed by atoms with Gasteiger partial charge in [0.15, 0.2) is 5.65 Å².